The molecule has 21 heavy (non-hydrogen) atoms. The summed E-state index contributed by atoms with van der Waals surface area (Å²) in [6.45, 7) is 0. The zero-order chi connectivity index (χ0) is 15.1. The van der Waals surface area contributed by atoms with Gasteiger partial charge >= 0.3 is 6.09 Å². The van der Waals surface area contributed by atoms with Crippen molar-refractivity contribution in [3.05, 3.63) is 29.8 Å². The minimum Gasteiger partial charge on any atom is -0.378 e. The standard InChI is InChI=1S/C16H23N3O2/c1-19(2)15-10-8-13(9-11-15)12-17-21-16(20)18-14-6-4-3-5-7-14/h8-12,14H,3-7H2,1-2H3,(H,18,20)/b17-12-. The van der Waals surface area contributed by atoms with Crippen LogP contribution in [0.4, 0.5) is 10.5 Å². The lowest BCUT2D eigenvalue weighted by Crippen LogP contribution is -2.35. The van der Waals surface area contributed by atoms with E-state index in [4.69, 9.17) is 4.84 Å². The number of carbonyl (C=O) groups is 1. The first kappa shape index (κ1) is 15.4. The van der Waals surface area contributed by atoms with Gasteiger partial charge in [-0.3, -0.25) is 4.84 Å². The first-order valence-electron chi connectivity index (χ1n) is 7.43. The number of nitrogens with one attached hydrogen (secondary N) is 1. The maximum atomic E-state index is 11.6. The first-order chi connectivity index (χ1) is 10.1. The summed E-state index contributed by atoms with van der Waals surface area (Å²) >= 11 is 0. The third-order valence-electron chi connectivity index (χ3n) is 3.67. The Balaban J connectivity index is 1.77. The van der Waals surface area contributed by atoms with Gasteiger partial charge < -0.3 is 10.2 Å². The molecule has 1 amide bonds. The SMILES string of the molecule is CN(C)c1ccc(/C=N\OC(=O)NC2CCCCC2)cc1. The highest BCUT2D eigenvalue weighted by Crippen LogP contribution is 2.17. The molecule has 0 heterocycles. The molecule has 1 fully saturated rings. The third kappa shape index (κ3) is 5.10. The second kappa shape index (κ2) is 7.67. The lowest BCUT2D eigenvalue weighted by atomic mass is 9.96. The second-order valence-corrected chi connectivity index (χ2v) is 5.58. The number of hydrogen-bond acceptors (Lipinski definition) is 4. The number of nitrogens with zero attached hydrogens (tertiary/aromatic N) is 2. The van der Waals surface area contributed by atoms with Crippen LogP contribution in [0, 0.1) is 0 Å². The summed E-state index contributed by atoms with van der Waals surface area (Å²) in [5, 5.41) is 6.58. The molecule has 0 unspecified atom stereocenters. The molecule has 0 radical (unpaired) electrons. The van der Waals surface area contributed by atoms with Crippen LogP contribution in [0.15, 0.2) is 29.4 Å². The van der Waals surface area contributed by atoms with E-state index in [2.05, 4.69) is 10.5 Å². The number of anilines is 1. The molecule has 0 aliphatic heterocycles. The van der Waals surface area contributed by atoms with E-state index in [1.807, 2.05) is 43.3 Å². The van der Waals surface area contributed by atoms with Crippen molar-refractivity contribution in [1.82, 2.24) is 5.32 Å². The van der Waals surface area contributed by atoms with E-state index < -0.39 is 6.09 Å². The molecular weight excluding hydrogens is 266 g/mol. The average Bonchev–Trinajstić information content (AvgIpc) is 2.49. The Labute approximate surface area is 126 Å². The third-order valence-corrected chi connectivity index (χ3v) is 3.67. The summed E-state index contributed by atoms with van der Waals surface area (Å²) in [6, 6.07) is 8.08. The smallest absolute Gasteiger partial charge is 0.378 e. The van der Waals surface area contributed by atoms with Crippen molar-refractivity contribution in [2.24, 2.45) is 5.16 Å². The molecule has 1 N–H and O–H groups in total. The van der Waals surface area contributed by atoms with Crippen LogP contribution in [-0.2, 0) is 4.84 Å². The van der Waals surface area contributed by atoms with Gasteiger partial charge in [-0.15, -0.1) is 0 Å². The maximum Gasteiger partial charge on any atom is 0.433 e. The van der Waals surface area contributed by atoms with Crippen LogP contribution in [0.25, 0.3) is 0 Å². The Bertz CT molecular complexity index is 477. The van der Waals surface area contributed by atoms with E-state index in [1.165, 1.54) is 19.3 Å². The monoisotopic (exact) mass is 289 g/mol. The van der Waals surface area contributed by atoms with Crippen LogP contribution < -0.4 is 10.2 Å². The van der Waals surface area contributed by atoms with E-state index in [9.17, 15) is 4.79 Å². The van der Waals surface area contributed by atoms with E-state index in [1.54, 1.807) is 6.21 Å². The van der Waals surface area contributed by atoms with Gasteiger partial charge in [0.05, 0.1) is 6.21 Å². The molecule has 1 aromatic rings. The van der Waals surface area contributed by atoms with Crippen LogP contribution in [0.1, 0.15) is 37.7 Å². The predicted molar refractivity (Wildman–Crippen MR) is 84.9 cm³/mol. The molecule has 5 heteroatoms. The Morgan fingerprint density at radius 2 is 1.90 bits per heavy atom. The van der Waals surface area contributed by atoms with Gasteiger partial charge in [0, 0.05) is 25.8 Å². The number of hydrogen-bond donors (Lipinski definition) is 1. The number of benzene rings is 1. The number of oxime groups is 1. The van der Waals surface area contributed by atoms with Crippen molar-refractivity contribution in [3.63, 3.8) is 0 Å². The summed E-state index contributed by atoms with van der Waals surface area (Å²) in [5.74, 6) is 0. The number of carbonyl (C=O) groups excluding carboxylic acids is 1. The lowest BCUT2D eigenvalue weighted by Gasteiger charge is -2.21. The average molecular weight is 289 g/mol. The van der Waals surface area contributed by atoms with Gasteiger partial charge in [0.15, 0.2) is 0 Å². The van der Waals surface area contributed by atoms with Gasteiger partial charge in [-0.2, -0.15) is 0 Å². The largest absolute Gasteiger partial charge is 0.433 e. The molecule has 0 spiro atoms. The topological polar surface area (TPSA) is 53.9 Å². The summed E-state index contributed by atoms with van der Waals surface area (Å²) < 4.78 is 0. The molecule has 114 valence electrons. The van der Waals surface area contributed by atoms with E-state index in [-0.39, 0.29) is 6.04 Å². The molecule has 0 saturated heterocycles. The molecule has 0 atom stereocenters. The Kier molecular flexibility index (Phi) is 5.60. The van der Waals surface area contributed by atoms with Crippen LogP contribution in [0.3, 0.4) is 0 Å². The molecule has 1 aliphatic carbocycles. The van der Waals surface area contributed by atoms with Gasteiger partial charge in [-0.1, -0.05) is 36.6 Å². The number of rotatable bonds is 4. The van der Waals surface area contributed by atoms with Gasteiger partial charge in [0.25, 0.3) is 0 Å². The van der Waals surface area contributed by atoms with E-state index in [0.29, 0.717) is 0 Å². The van der Waals surface area contributed by atoms with Crippen LogP contribution in [0.5, 0.6) is 0 Å². The Hall–Kier alpha value is -2.04. The molecule has 1 aliphatic rings. The van der Waals surface area contributed by atoms with E-state index >= 15 is 0 Å². The van der Waals surface area contributed by atoms with Crippen molar-refractivity contribution in [2.45, 2.75) is 38.1 Å². The normalized spacial score (nSPS) is 15.9. The molecule has 2 rings (SSSR count). The Morgan fingerprint density at radius 1 is 1.24 bits per heavy atom. The van der Waals surface area contributed by atoms with Crippen molar-refractivity contribution in [1.29, 1.82) is 0 Å². The van der Waals surface area contributed by atoms with Gasteiger partial charge in [-0.05, 0) is 30.5 Å². The van der Waals surface area contributed by atoms with Crippen molar-refractivity contribution < 1.29 is 9.63 Å². The summed E-state index contributed by atoms with van der Waals surface area (Å²) in [4.78, 5) is 18.4. The molecule has 0 aromatic heterocycles. The first-order valence-corrected chi connectivity index (χ1v) is 7.43. The van der Waals surface area contributed by atoms with Gasteiger partial charge in [0.2, 0.25) is 0 Å². The van der Waals surface area contributed by atoms with Crippen LogP contribution in [0.2, 0.25) is 0 Å². The fraction of sp³-hybridized carbons (Fsp3) is 0.500. The van der Waals surface area contributed by atoms with Crippen LogP contribution in [-0.4, -0.2) is 32.4 Å². The fourth-order valence-electron chi connectivity index (χ4n) is 2.43. The minimum atomic E-state index is -0.469. The second-order valence-electron chi connectivity index (χ2n) is 5.58. The molecular formula is C16H23N3O2. The van der Waals surface area contributed by atoms with E-state index in [0.717, 1.165) is 24.1 Å². The zero-order valence-corrected chi connectivity index (χ0v) is 12.7. The molecule has 5 nitrogen and oxygen atoms in total. The summed E-state index contributed by atoms with van der Waals surface area (Å²) in [7, 11) is 3.98. The highest BCUT2D eigenvalue weighted by molar-refractivity contribution is 5.80. The quantitative estimate of drug-likeness (QED) is 0.526. The molecule has 1 aromatic carbocycles. The number of amides is 1. The fourth-order valence-corrected chi connectivity index (χ4v) is 2.43. The molecule has 0 bridgehead atoms. The van der Waals surface area contributed by atoms with Crippen LogP contribution >= 0.6 is 0 Å². The molecule has 1 saturated carbocycles. The zero-order valence-electron chi connectivity index (χ0n) is 12.7. The predicted octanol–water partition coefficient (Wildman–Crippen LogP) is 3.15. The summed E-state index contributed by atoms with van der Waals surface area (Å²) in [5.41, 5.74) is 2.01. The van der Waals surface area contributed by atoms with Crippen molar-refractivity contribution >= 4 is 18.0 Å². The minimum absolute atomic E-state index is 0.237. The van der Waals surface area contributed by atoms with Gasteiger partial charge in [0.1, 0.15) is 0 Å². The van der Waals surface area contributed by atoms with Crippen molar-refractivity contribution in [2.75, 3.05) is 19.0 Å². The van der Waals surface area contributed by atoms with Crippen molar-refractivity contribution in [3.8, 4) is 0 Å². The Morgan fingerprint density at radius 3 is 2.52 bits per heavy atom. The van der Waals surface area contributed by atoms with Gasteiger partial charge in [-0.25, -0.2) is 4.79 Å². The highest BCUT2D eigenvalue weighted by Gasteiger charge is 2.16. The highest BCUT2D eigenvalue weighted by atomic mass is 16.7. The summed E-state index contributed by atoms with van der Waals surface area (Å²) in [6.07, 6.45) is 6.74. The lowest BCUT2D eigenvalue weighted by molar-refractivity contribution is 0.144. The maximum absolute atomic E-state index is 11.6.